The summed E-state index contributed by atoms with van der Waals surface area (Å²) in [6.45, 7) is -1.08. The Morgan fingerprint density at radius 2 is 2.20 bits per heavy atom. The third-order valence-corrected chi connectivity index (χ3v) is 2.85. The molecule has 10 heteroatoms. The molecule has 0 unspecified atom stereocenters. The molecule has 20 heavy (non-hydrogen) atoms. The zero-order valence-electron chi connectivity index (χ0n) is 10.4. The van der Waals surface area contributed by atoms with E-state index in [2.05, 4.69) is 15.0 Å². The average molecular weight is 334 g/mol. The van der Waals surface area contributed by atoms with E-state index in [-0.39, 0.29) is 31.3 Å². The Labute approximate surface area is 124 Å². The maximum atomic E-state index is 11.8. The Kier molecular flexibility index (Phi) is 8.70. The van der Waals surface area contributed by atoms with E-state index in [0.29, 0.717) is 13.0 Å². The number of amides is 1. The summed E-state index contributed by atoms with van der Waals surface area (Å²) < 4.78 is 39.6. The molecule has 1 rings (SSSR count). The van der Waals surface area contributed by atoms with Crippen molar-refractivity contribution in [2.75, 3.05) is 26.3 Å². The molecule has 0 spiro atoms. The number of aromatic nitrogens is 1. The second kappa shape index (κ2) is 9.11. The van der Waals surface area contributed by atoms with Gasteiger partial charge >= 0.3 is 6.18 Å². The molecule has 116 valence electrons. The van der Waals surface area contributed by atoms with Gasteiger partial charge in [-0.2, -0.15) is 13.2 Å². The van der Waals surface area contributed by atoms with E-state index in [9.17, 15) is 18.0 Å². The topological polar surface area (TPSA) is 77.2 Å². The zero-order valence-corrected chi connectivity index (χ0v) is 12.0. The molecule has 0 aliphatic heterocycles. The smallest absolute Gasteiger partial charge is 0.370 e. The van der Waals surface area contributed by atoms with E-state index in [0.717, 1.165) is 5.01 Å². The van der Waals surface area contributed by atoms with Crippen molar-refractivity contribution < 1.29 is 22.7 Å². The fraction of sp³-hybridized carbons (Fsp3) is 0.600. The standard InChI is InChI=1S/C10H14F3N3O2S.ClH/c11-10(12,13)6-18-4-3-15-9(17)7-5-19-8(16-7)1-2-14;/h5H,1-4,6,14H2,(H,15,17);1H. The third kappa shape index (κ3) is 7.63. The molecule has 5 nitrogen and oxygen atoms in total. The first-order chi connectivity index (χ1) is 8.92. The largest absolute Gasteiger partial charge is 0.411 e. The van der Waals surface area contributed by atoms with Crippen LogP contribution in [0.4, 0.5) is 13.2 Å². The van der Waals surface area contributed by atoms with Gasteiger partial charge in [-0.1, -0.05) is 0 Å². The van der Waals surface area contributed by atoms with Crippen LogP contribution in [0.2, 0.25) is 0 Å². The van der Waals surface area contributed by atoms with Crippen LogP contribution in [0.5, 0.6) is 0 Å². The first-order valence-electron chi connectivity index (χ1n) is 5.49. The number of nitrogens with zero attached hydrogens (tertiary/aromatic N) is 1. The molecule has 0 saturated carbocycles. The number of carbonyl (C=O) groups excluding carboxylic acids is 1. The van der Waals surface area contributed by atoms with Gasteiger partial charge in [-0.25, -0.2) is 4.98 Å². The van der Waals surface area contributed by atoms with Crippen LogP contribution in [-0.2, 0) is 11.2 Å². The quantitative estimate of drug-likeness (QED) is 0.739. The fourth-order valence-corrected chi connectivity index (χ4v) is 1.96. The molecule has 0 radical (unpaired) electrons. The molecule has 1 heterocycles. The van der Waals surface area contributed by atoms with Crippen molar-refractivity contribution >= 4 is 29.7 Å². The van der Waals surface area contributed by atoms with Crippen LogP contribution in [-0.4, -0.2) is 43.4 Å². The summed E-state index contributed by atoms with van der Waals surface area (Å²) in [6, 6.07) is 0. The van der Waals surface area contributed by atoms with Gasteiger partial charge in [0.25, 0.3) is 5.91 Å². The Hall–Kier alpha value is -0.900. The molecule has 0 bridgehead atoms. The highest BCUT2D eigenvalue weighted by atomic mass is 35.5. The van der Waals surface area contributed by atoms with Crippen LogP contribution in [0.3, 0.4) is 0 Å². The number of nitrogens with two attached hydrogens (primary N) is 1. The first-order valence-corrected chi connectivity index (χ1v) is 6.37. The Bertz CT molecular complexity index is 415. The van der Waals surface area contributed by atoms with Crippen molar-refractivity contribution in [3.05, 3.63) is 16.1 Å². The molecular formula is C10H15ClF3N3O2S. The summed E-state index contributed by atoms with van der Waals surface area (Å²) in [5, 5.41) is 4.75. The lowest BCUT2D eigenvalue weighted by Gasteiger charge is -2.07. The van der Waals surface area contributed by atoms with E-state index < -0.39 is 18.7 Å². The van der Waals surface area contributed by atoms with Gasteiger partial charge in [0.1, 0.15) is 12.3 Å². The van der Waals surface area contributed by atoms with E-state index >= 15 is 0 Å². The van der Waals surface area contributed by atoms with Crippen molar-refractivity contribution in [3.63, 3.8) is 0 Å². The number of alkyl halides is 3. The molecule has 0 atom stereocenters. The van der Waals surface area contributed by atoms with E-state index in [4.69, 9.17) is 5.73 Å². The minimum absolute atomic E-state index is 0. The summed E-state index contributed by atoms with van der Waals surface area (Å²) >= 11 is 1.32. The van der Waals surface area contributed by atoms with Crippen molar-refractivity contribution in [1.29, 1.82) is 0 Å². The highest BCUT2D eigenvalue weighted by Gasteiger charge is 2.27. The van der Waals surface area contributed by atoms with Crippen molar-refractivity contribution in [2.24, 2.45) is 5.73 Å². The molecule has 0 aromatic carbocycles. The highest BCUT2D eigenvalue weighted by molar-refractivity contribution is 7.09. The second-order valence-corrected chi connectivity index (χ2v) is 4.53. The van der Waals surface area contributed by atoms with Crippen LogP contribution < -0.4 is 11.1 Å². The normalized spacial score (nSPS) is 11.0. The van der Waals surface area contributed by atoms with Gasteiger partial charge in [-0.05, 0) is 6.54 Å². The number of ether oxygens (including phenoxy) is 1. The predicted octanol–water partition coefficient (Wildman–Crippen LogP) is 1.37. The van der Waals surface area contributed by atoms with Gasteiger partial charge in [-0.3, -0.25) is 4.79 Å². The van der Waals surface area contributed by atoms with Gasteiger partial charge in [0.15, 0.2) is 0 Å². The minimum atomic E-state index is -4.35. The third-order valence-electron chi connectivity index (χ3n) is 1.94. The zero-order chi connectivity index (χ0) is 14.3. The van der Waals surface area contributed by atoms with Gasteiger partial charge < -0.3 is 15.8 Å². The van der Waals surface area contributed by atoms with Crippen LogP contribution in [0, 0.1) is 0 Å². The van der Waals surface area contributed by atoms with Crippen LogP contribution in [0.15, 0.2) is 5.38 Å². The maximum Gasteiger partial charge on any atom is 0.411 e. The predicted molar refractivity (Wildman–Crippen MR) is 71.3 cm³/mol. The van der Waals surface area contributed by atoms with E-state index in [1.54, 1.807) is 5.38 Å². The summed E-state index contributed by atoms with van der Waals surface area (Å²) in [6.07, 6.45) is -3.76. The molecule has 1 aromatic rings. The van der Waals surface area contributed by atoms with Gasteiger partial charge in [-0.15, -0.1) is 23.7 Å². The highest BCUT2D eigenvalue weighted by Crippen LogP contribution is 2.14. The number of hydrogen-bond acceptors (Lipinski definition) is 5. The van der Waals surface area contributed by atoms with Crippen LogP contribution in [0.25, 0.3) is 0 Å². The maximum absolute atomic E-state index is 11.8. The number of nitrogens with one attached hydrogen (secondary N) is 1. The molecule has 0 fully saturated rings. The Morgan fingerprint density at radius 3 is 2.80 bits per heavy atom. The van der Waals surface area contributed by atoms with E-state index in [1.807, 2.05) is 0 Å². The number of carbonyl (C=O) groups is 1. The van der Waals surface area contributed by atoms with Gasteiger partial charge in [0.05, 0.1) is 11.6 Å². The van der Waals surface area contributed by atoms with Gasteiger partial charge in [0.2, 0.25) is 0 Å². The van der Waals surface area contributed by atoms with Crippen molar-refractivity contribution in [3.8, 4) is 0 Å². The van der Waals surface area contributed by atoms with Crippen molar-refractivity contribution in [2.45, 2.75) is 12.6 Å². The molecule has 1 amide bonds. The summed E-state index contributed by atoms with van der Waals surface area (Å²) in [5.74, 6) is -0.435. The molecule has 0 aliphatic carbocycles. The Morgan fingerprint density at radius 1 is 1.50 bits per heavy atom. The van der Waals surface area contributed by atoms with E-state index in [1.165, 1.54) is 11.3 Å². The van der Waals surface area contributed by atoms with Crippen molar-refractivity contribution in [1.82, 2.24) is 10.3 Å². The van der Waals surface area contributed by atoms with Crippen LogP contribution >= 0.6 is 23.7 Å². The first kappa shape index (κ1) is 19.1. The van der Waals surface area contributed by atoms with Crippen LogP contribution in [0.1, 0.15) is 15.5 Å². The Balaban J connectivity index is 0.00000361. The molecule has 3 N–H and O–H groups in total. The van der Waals surface area contributed by atoms with Gasteiger partial charge in [0, 0.05) is 18.3 Å². The monoisotopic (exact) mass is 333 g/mol. The SMILES string of the molecule is Cl.NCCc1nc(C(=O)NCCOCC(F)(F)F)cs1. The lowest BCUT2D eigenvalue weighted by atomic mass is 10.4. The number of thiazole rings is 1. The molecule has 0 aliphatic rings. The number of halogens is 4. The molecular weight excluding hydrogens is 319 g/mol. The second-order valence-electron chi connectivity index (χ2n) is 3.59. The number of rotatable bonds is 7. The summed E-state index contributed by atoms with van der Waals surface area (Å²) in [4.78, 5) is 15.6. The molecule has 1 aromatic heterocycles. The summed E-state index contributed by atoms with van der Waals surface area (Å²) in [5.41, 5.74) is 5.59. The fourth-order valence-electron chi connectivity index (χ4n) is 1.17. The minimum Gasteiger partial charge on any atom is -0.370 e. The molecule has 0 saturated heterocycles. The summed E-state index contributed by atoms with van der Waals surface area (Å²) in [7, 11) is 0. The lowest BCUT2D eigenvalue weighted by Crippen LogP contribution is -2.29. The lowest BCUT2D eigenvalue weighted by molar-refractivity contribution is -0.173. The number of hydrogen-bond donors (Lipinski definition) is 2. The average Bonchev–Trinajstić information content (AvgIpc) is 2.76.